The van der Waals surface area contributed by atoms with Crippen LogP contribution in [0, 0.1) is 0 Å². The van der Waals surface area contributed by atoms with Gasteiger partial charge in [0, 0.05) is 0 Å². The summed E-state index contributed by atoms with van der Waals surface area (Å²) in [7, 11) is 0. The molecule has 40 heavy (non-hydrogen) atoms. The summed E-state index contributed by atoms with van der Waals surface area (Å²) in [6.07, 6.45) is 35.4. The maximum atomic E-state index is 14.1. The molecule has 0 aliphatic heterocycles. The van der Waals surface area contributed by atoms with Crippen LogP contribution in [0.25, 0.3) is 0 Å². The Hall–Kier alpha value is 0.144. The molecule has 0 amide bonds. The summed E-state index contributed by atoms with van der Waals surface area (Å²) in [6, 6.07) is 0. The van der Waals surface area contributed by atoms with Crippen LogP contribution in [0.2, 0.25) is 15.4 Å². The van der Waals surface area contributed by atoms with Crippen molar-refractivity contribution < 1.29 is 23.4 Å². The van der Waals surface area contributed by atoms with Crippen molar-refractivity contribution in [1.82, 2.24) is 0 Å². The van der Waals surface area contributed by atoms with Crippen molar-refractivity contribution in [3.63, 3.8) is 0 Å². The van der Waals surface area contributed by atoms with Crippen LogP contribution < -0.4 is 0 Å². The van der Waals surface area contributed by atoms with Crippen LogP contribution >= 0.6 is 0 Å². The van der Waals surface area contributed by atoms with Gasteiger partial charge >= 0.3 is 252 Å². The van der Waals surface area contributed by atoms with E-state index in [-0.39, 0.29) is 15.4 Å². The van der Waals surface area contributed by atoms with Gasteiger partial charge < -0.3 is 0 Å². The monoisotopic (exact) mass is 608 g/mol. The second-order valence-electron chi connectivity index (χ2n) is 13.8. The van der Waals surface area contributed by atoms with Gasteiger partial charge in [0.05, 0.1) is 0 Å². The van der Waals surface area contributed by atoms with E-state index in [0.717, 1.165) is 38.5 Å². The summed E-state index contributed by atoms with van der Waals surface area (Å²) < 4.78 is 39.9. The van der Waals surface area contributed by atoms with Crippen molar-refractivity contribution in [1.29, 1.82) is 0 Å². The van der Waals surface area contributed by atoms with Crippen molar-refractivity contribution in [3.05, 3.63) is 0 Å². The molecule has 4 heteroatoms. The van der Waals surface area contributed by atoms with Crippen molar-refractivity contribution in [2.75, 3.05) is 0 Å². The van der Waals surface area contributed by atoms with Crippen molar-refractivity contribution in [3.8, 4) is 0 Å². The fourth-order valence-electron chi connectivity index (χ4n) is 6.40. The minimum absolute atomic E-state index is 0.0505. The molecular formula is C36H76O3V. The van der Waals surface area contributed by atoms with Crippen molar-refractivity contribution in [2.45, 2.75) is 229 Å². The first-order chi connectivity index (χ1) is 19.2. The Labute approximate surface area is 251 Å². The molecule has 0 aliphatic rings. The van der Waals surface area contributed by atoms with Gasteiger partial charge in [-0.15, -0.1) is 0 Å². The molecule has 0 aromatic heterocycles. The van der Waals surface area contributed by atoms with Gasteiger partial charge in [-0.3, -0.25) is 0 Å². The molecule has 0 fully saturated rings. The van der Waals surface area contributed by atoms with Crippen molar-refractivity contribution >= 4 is 0 Å². The fourth-order valence-corrected chi connectivity index (χ4v) is 12.5. The van der Waals surface area contributed by atoms with Gasteiger partial charge in [-0.05, 0) is 0 Å². The Kier molecular flexibility index (Phi) is 24.7. The molecule has 0 rings (SSSR count). The number of hydrogen-bond acceptors (Lipinski definition) is 2. The zero-order valence-corrected chi connectivity index (χ0v) is 29.4. The van der Waals surface area contributed by atoms with Crippen LogP contribution in [0.3, 0.4) is 0 Å². The Balaban J connectivity index is 4.47. The predicted molar refractivity (Wildman–Crippen MR) is 174 cm³/mol. The molecule has 0 saturated carbocycles. The predicted octanol–water partition coefficient (Wildman–Crippen LogP) is 13.8. The molecule has 3 nitrogen and oxygen atoms in total. The second-order valence-corrected chi connectivity index (χ2v) is 22.5. The van der Waals surface area contributed by atoms with Crippen LogP contribution in [-0.4, -0.2) is 4.03 Å². The molecule has 0 unspecified atom stereocenters. The van der Waals surface area contributed by atoms with Gasteiger partial charge in [0.1, 0.15) is 0 Å². The molecule has 0 radical (unpaired) electrons. The summed E-state index contributed by atoms with van der Waals surface area (Å²) in [5.74, 6) is 0. The van der Waals surface area contributed by atoms with E-state index in [4.69, 9.17) is 0 Å². The van der Waals surface area contributed by atoms with E-state index in [1.165, 1.54) is 135 Å². The summed E-state index contributed by atoms with van der Waals surface area (Å²) in [5, 5.41) is 0.151. The quantitative estimate of drug-likeness (QED) is 0.0755. The Bertz CT molecular complexity index is 623. The summed E-state index contributed by atoms with van der Waals surface area (Å²) in [4.78, 5) is 0. The normalized spacial score (nSPS) is 13.9. The maximum absolute atomic E-state index is 14.1. The van der Waals surface area contributed by atoms with Gasteiger partial charge in [0.25, 0.3) is 0 Å². The molecular weight excluding hydrogens is 531 g/mol. The van der Waals surface area contributed by atoms with Gasteiger partial charge in [0.2, 0.25) is 0 Å². The third kappa shape index (κ3) is 25.8. The van der Waals surface area contributed by atoms with Crippen molar-refractivity contribution in [2.24, 2.45) is 0 Å². The van der Waals surface area contributed by atoms with E-state index in [2.05, 4.69) is 20.8 Å². The number of rotatable bonds is 33. The first-order valence-corrected chi connectivity index (χ1v) is 23.4. The SMILES string of the molecule is CCCCCCCCCCC[CH2][V](=[O])(=[O])([OH])([CH2]CCCCCCCCCCC)[CH2]CCCCCCCCCCC. The van der Waals surface area contributed by atoms with E-state index in [1.807, 2.05) is 0 Å². The van der Waals surface area contributed by atoms with Crippen LogP contribution in [-0.2, 0) is 19.4 Å². The Morgan fingerprint density at radius 3 is 0.625 bits per heavy atom. The van der Waals surface area contributed by atoms with Gasteiger partial charge in [-0.1, -0.05) is 0 Å². The first kappa shape index (κ1) is 40.1. The average Bonchev–Trinajstić information content (AvgIpc) is 2.92. The van der Waals surface area contributed by atoms with Gasteiger partial charge in [-0.2, -0.15) is 0 Å². The van der Waals surface area contributed by atoms with Gasteiger partial charge in [-0.25, -0.2) is 0 Å². The van der Waals surface area contributed by atoms with E-state index in [9.17, 15) is 11.4 Å². The summed E-state index contributed by atoms with van der Waals surface area (Å²) in [6.45, 7) is 6.76. The topological polar surface area (TPSA) is 54.4 Å². The van der Waals surface area contributed by atoms with E-state index in [0.29, 0.717) is 19.3 Å². The molecule has 0 saturated heterocycles. The molecule has 0 heterocycles. The third-order valence-electron chi connectivity index (χ3n) is 9.33. The number of unbranched alkanes of at least 4 members (excludes halogenated alkanes) is 27. The minimum atomic E-state index is -6.28. The Morgan fingerprint density at radius 1 is 0.300 bits per heavy atom. The zero-order valence-electron chi connectivity index (χ0n) is 28.0. The van der Waals surface area contributed by atoms with E-state index >= 15 is 0 Å². The van der Waals surface area contributed by atoms with E-state index in [1.54, 1.807) is 0 Å². The molecule has 0 atom stereocenters. The van der Waals surface area contributed by atoms with Crippen LogP contribution in [0.1, 0.15) is 213 Å². The first-order valence-electron chi connectivity index (χ1n) is 18.6. The molecule has 243 valence electrons. The molecule has 0 spiro atoms. The van der Waals surface area contributed by atoms with E-state index < -0.39 is 12.0 Å². The molecule has 0 bridgehead atoms. The van der Waals surface area contributed by atoms with Gasteiger partial charge in [0.15, 0.2) is 0 Å². The number of hydrogen-bond donors (Lipinski definition) is 1. The Morgan fingerprint density at radius 2 is 0.450 bits per heavy atom. The molecule has 1 N–H and O–H groups in total. The zero-order chi connectivity index (χ0) is 29.7. The van der Waals surface area contributed by atoms with Crippen LogP contribution in [0.5, 0.6) is 0 Å². The molecule has 0 aliphatic carbocycles. The molecule has 0 aromatic carbocycles. The third-order valence-corrected chi connectivity index (χ3v) is 16.4. The molecule has 0 aromatic rings. The average molecular weight is 608 g/mol. The summed E-state index contributed by atoms with van der Waals surface area (Å²) >= 11 is -6.28. The summed E-state index contributed by atoms with van der Waals surface area (Å²) in [5.41, 5.74) is 0. The fraction of sp³-hybridized carbons (Fsp3) is 1.00. The standard InChI is InChI=1S/3C12H25.H2O.2O.V/c3*1-3-5-7-9-11-12-10-8-6-4-2;;;;/h3*1,3-12H2,2H3;1H2;;;/q;;;;;;+1/p-1. The second kappa shape index (κ2) is 24.6. The van der Waals surface area contributed by atoms with Crippen LogP contribution in [0.4, 0.5) is 0 Å². The van der Waals surface area contributed by atoms with Crippen LogP contribution in [0.15, 0.2) is 0 Å².